The molecule has 96 valence electrons. The van der Waals surface area contributed by atoms with Crippen LogP contribution in [0.5, 0.6) is 0 Å². The summed E-state index contributed by atoms with van der Waals surface area (Å²) in [7, 11) is 0. The summed E-state index contributed by atoms with van der Waals surface area (Å²) in [5, 5.41) is 27.2. The Balaban J connectivity index is 2.39. The van der Waals surface area contributed by atoms with E-state index < -0.39 is 29.7 Å². The Morgan fingerprint density at radius 1 is 1.61 bits per heavy atom. The van der Waals surface area contributed by atoms with Crippen LogP contribution in [0.25, 0.3) is 0 Å². The monoisotopic (exact) mass is 253 g/mol. The average Bonchev–Trinajstić information content (AvgIpc) is 2.70. The number of aliphatic hydroxyl groups is 2. The van der Waals surface area contributed by atoms with Crippen LogP contribution in [0.3, 0.4) is 0 Å². The Bertz CT molecular complexity index is 599. The smallest absolute Gasteiger partial charge is 0.330 e. The van der Waals surface area contributed by atoms with Crippen molar-refractivity contribution in [2.45, 2.75) is 24.9 Å². The summed E-state index contributed by atoms with van der Waals surface area (Å²) in [5.41, 5.74) is -1.72. The van der Waals surface area contributed by atoms with Crippen LogP contribution in [-0.2, 0) is 4.74 Å². The van der Waals surface area contributed by atoms with E-state index in [0.29, 0.717) is 0 Å². The fourth-order valence-corrected chi connectivity index (χ4v) is 1.83. The second kappa shape index (κ2) is 4.73. The first-order valence-corrected chi connectivity index (χ1v) is 5.26. The van der Waals surface area contributed by atoms with Gasteiger partial charge in [0.25, 0.3) is 5.56 Å². The fraction of sp³-hybridized carbons (Fsp3) is 0.500. The summed E-state index contributed by atoms with van der Waals surface area (Å²) in [6.45, 7) is -0.374. The molecule has 0 radical (unpaired) electrons. The minimum absolute atomic E-state index is 0.0993. The third kappa shape index (κ3) is 2.06. The highest BCUT2D eigenvalue weighted by molar-refractivity contribution is 5.21. The van der Waals surface area contributed by atoms with Gasteiger partial charge in [0, 0.05) is 12.6 Å². The molecule has 1 aliphatic rings. The van der Waals surface area contributed by atoms with Gasteiger partial charge in [-0.2, -0.15) is 5.26 Å². The van der Waals surface area contributed by atoms with Crippen LogP contribution < -0.4 is 11.2 Å². The zero-order valence-corrected chi connectivity index (χ0v) is 9.24. The first kappa shape index (κ1) is 12.5. The Kier molecular flexibility index (Phi) is 3.29. The summed E-state index contributed by atoms with van der Waals surface area (Å²) in [5.74, 6) is 0. The van der Waals surface area contributed by atoms with E-state index in [1.54, 1.807) is 6.07 Å². The maximum atomic E-state index is 11.6. The van der Waals surface area contributed by atoms with E-state index in [0.717, 1.165) is 10.8 Å². The topological polar surface area (TPSA) is 128 Å². The Hall–Kier alpha value is -1.95. The summed E-state index contributed by atoms with van der Waals surface area (Å²) in [6, 6.07) is 1.65. The van der Waals surface area contributed by atoms with Crippen molar-refractivity contribution in [2.24, 2.45) is 0 Å². The van der Waals surface area contributed by atoms with E-state index in [9.17, 15) is 14.7 Å². The first-order chi connectivity index (χ1) is 8.56. The van der Waals surface area contributed by atoms with E-state index in [-0.39, 0.29) is 18.6 Å². The number of aromatic nitrogens is 2. The fourth-order valence-electron chi connectivity index (χ4n) is 1.83. The molecule has 1 saturated heterocycles. The molecule has 1 aromatic heterocycles. The van der Waals surface area contributed by atoms with Crippen LogP contribution >= 0.6 is 0 Å². The number of hydrogen-bond donors (Lipinski definition) is 3. The highest BCUT2D eigenvalue weighted by Crippen LogP contribution is 2.27. The lowest BCUT2D eigenvalue weighted by molar-refractivity contribution is -0.0459. The molecular weight excluding hydrogens is 242 g/mol. The number of H-pyrrole nitrogens is 1. The number of hydrogen-bond acceptors (Lipinski definition) is 6. The molecule has 0 unspecified atom stereocenters. The molecule has 0 aliphatic carbocycles. The van der Waals surface area contributed by atoms with E-state index in [1.165, 1.54) is 0 Å². The van der Waals surface area contributed by atoms with Crippen LogP contribution in [-0.4, -0.2) is 38.6 Å². The van der Waals surface area contributed by atoms with Gasteiger partial charge in [-0.1, -0.05) is 0 Å². The molecule has 1 aliphatic heterocycles. The number of aromatic amines is 1. The zero-order chi connectivity index (χ0) is 13.3. The molecular formula is C10H11N3O5. The van der Waals surface area contributed by atoms with Crippen LogP contribution in [0.1, 0.15) is 18.2 Å². The molecule has 0 amide bonds. The number of ether oxygens (including phenoxy) is 1. The van der Waals surface area contributed by atoms with Crippen LogP contribution in [0.2, 0.25) is 0 Å². The molecule has 1 aromatic rings. The third-order valence-corrected chi connectivity index (χ3v) is 2.78. The number of nitrogens with zero attached hydrogens (tertiary/aromatic N) is 2. The minimum Gasteiger partial charge on any atom is -0.394 e. The Morgan fingerprint density at radius 2 is 2.33 bits per heavy atom. The van der Waals surface area contributed by atoms with Gasteiger partial charge in [0.2, 0.25) is 0 Å². The summed E-state index contributed by atoms with van der Waals surface area (Å²) >= 11 is 0. The van der Waals surface area contributed by atoms with Gasteiger partial charge in [-0.25, -0.2) is 4.79 Å². The van der Waals surface area contributed by atoms with Gasteiger partial charge in [0.1, 0.15) is 24.0 Å². The molecule has 3 atom stereocenters. The molecule has 18 heavy (non-hydrogen) atoms. The Morgan fingerprint density at radius 3 is 2.89 bits per heavy atom. The van der Waals surface area contributed by atoms with E-state index in [2.05, 4.69) is 0 Å². The van der Waals surface area contributed by atoms with E-state index in [4.69, 9.17) is 15.1 Å². The average molecular weight is 253 g/mol. The molecule has 0 aromatic carbocycles. The summed E-state index contributed by atoms with van der Waals surface area (Å²) in [6.07, 6.45) is -1.31. The van der Waals surface area contributed by atoms with Gasteiger partial charge in [0.15, 0.2) is 0 Å². The van der Waals surface area contributed by atoms with Gasteiger partial charge in [-0.05, 0) is 0 Å². The van der Waals surface area contributed by atoms with E-state index in [1.807, 2.05) is 4.98 Å². The molecule has 0 saturated carbocycles. The number of nitriles is 1. The van der Waals surface area contributed by atoms with Gasteiger partial charge in [-0.3, -0.25) is 14.3 Å². The Labute approximate surface area is 101 Å². The van der Waals surface area contributed by atoms with Crippen molar-refractivity contribution < 1.29 is 14.9 Å². The van der Waals surface area contributed by atoms with Gasteiger partial charge in [0.05, 0.1) is 12.7 Å². The maximum Gasteiger partial charge on any atom is 0.330 e. The predicted molar refractivity (Wildman–Crippen MR) is 57.7 cm³/mol. The number of rotatable bonds is 2. The summed E-state index contributed by atoms with van der Waals surface area (Å²) in [4.78, 5) is 24.8. The highest BCUT2D eigenvalue weighted by atomic mass is 16.5. The normalized spacial score (nSPS) is 27.1. The SMILES string of the molecule is N#Cc1cn([C@H]2C[C@@H](O)[C@@H](CO)O2)c(=O)[nH]c1=O. The van der Waals surface area contributed by atoms with E-state index >= 15 is 0 Å². The highest BCUT2D eigenvalue weighted by Gasteiger charge is 2.35. The number of nitrogens with one attached hydrogen (secondary N) is 1. The molecule has 8 heteroatoms. The molecule has 2 heterocycles. The second-order valence-corrected chi connectivity index (χ2v) is 3.94. The van der Waals surface area contributed by atoms with Crippen LogP contribution in [0.4, 0.5) is 0 Å². The molecule has 0 spiro atoms. The lowest BCUT2D eigenvalue weighted by Gasteiger charge is -2.14. The molecule has 8 nitrogen and oxygen atoms in total. The number of aliphatic hydroxyl groups excluding tert-OH is 2. The van der Waals surface area contributed by atoms with Gasteiger partial charge >= 0.3 is 5.69 Å². The zero-order valence-electron chi connectivity index (χ0n) is 9.24. The second-order valence-electron chi connectivity index (χ2n) is 3.94. The van der Waals surface area contributed by atoms with Crippen molar-refractivity contribution in [3.63, 3.8) is 0 Å². The lowest BCUT2D eigenvalue weighted by atomic mass is 10.2. The van der Waals surface area contributed by atoms with Crippen molar-refractivity contribution in [3.8, 4) is 6.07 Å². The molecule has 0 bridgehead atoms. The predicted octanol–water partition coefficient (Wildman–Crippen LogP) is -1.95. The van der Waals surface area contributed by atoms with Crippen LogP contribution in [0.15, 0.2) is 15.8 Å². The first-order valence-electron chi connectivity index (χ1n) is 5.26. The van der Waals surface area contributed by atoms with Gasteiger partial charge in [-0.15, -0.1) is 0 Å². The minimum atomic E-state index is -0.899. The standard InChI is InChI=1S/C10H11N3O5/c11-2-5-3-13(10(17)12-9(5)16)8-1-6(15)7(4-14)18-8/h3,6-8,14-15H,1,4H2,(H,12,16,17)/t6-,7-,8-/m1/s1. The largest absolute Gasteiger partial charge is 0.394 e. The van der Waals surface area contributed by atoms with Crippen molar-refractivity contribution in [1.29, 1.82) is 5.26 Å². The van der Waals surface area contributed by atoms with Crippen molar-refractivity contribution in [1.82, 2.24) is 9.55 Å². The van der Waals surface area contributed by atoms with Gasteiger partial charge < -0.3 is 14.9 Å². The van der Waals surface area contributed by atoms with Crippen molar-refractivity contribution in [3.05, 3.63) is 32.6 Å². The van der Waals surface area contributed by atoms with Crippen molar-refractivity contribution in [2.75, 3.05) is 6.61 Å². The maximum absolute atomic E-state index is 11.6. The van der Waals surface area contributed by atoms with Crippen LogP contribution in [0, 0.1) is 11.3 Å². The summed E-state index contributed by atoms with van der Waals surface area (Å²) < 4.78 is 6.29. The lowest BCUT2D eigenvalue weighted by Crippen LogP contribution is -2.33. The third-order valence-electron chi connectivity index (χ3n) is 2.78. The molecule has 2 rings (SSSR count). The molecule has 3 N–H and O–H groups in total. The van der Waals surface area contributed by atoms with Crippen molar-refractivity contribution >= 4 is 0 Å². The quantitative estimate of drug-likeness (QED) is 0.562. The molecule has 1 fully saturated rings.